The highest BCUT2D eigenvalue weighted by atomic mass is 35.5. The quantitative estimate of drug-likeness (QED) is 0.0358. The van der Waals surface area contributed by atoms with E-state index in [1.54, 1.807) is 10.9 Å². The van der Waals surface area contributed by atoms with E-state index in [2.05, 4.69) is 70.6 Å². The zero-order valence-corrected chi connectivity index (χ0v) is 49.0. The third kappa shape index (κ3) is 13.5. The Labute approximate surface area is 478 Å². The molecule has 3 heterocycles. The van der Waals surface area contributed by atoms with Gasteiger partial charge in [-0.25, -0.2) is 9.67 Å². The Morgan fingerprint density at radius 2 is 1.67 bits per heavy atom. The number of unbranched alkanes of at least 4 members (excludes halogenated alkanes) is 3. The van der Waals surface area contributed by atoms with E-state index in [0.717, 1.165) is 134 Å². The second-order valence-corrected chi connectivity index (χ2v) is 25.9. The Morgan fingerprint density at radius 3 is 2.51 bits per heavy atom. The molecule has 0 bridgehead atoms. The number of rotatable bonds is 26. The van der Waals surface area contributed by atoms with E-state index < -0.39 is 5.60 Å². The van der Waals surface area contributed by atoms with Crippen LogP contribution in [0, 0.1) is 34.5 Å². The number of aliphatic hydroxyl groups is 2. The minimum absolute atomic E-state index is 0.00587. The molecule has 4 fully saturated rings. The van der Waals surface area contributed by atoms with Crippen molar-refractivity contribution in [3.63, 3.8) is 0 Å². The van der Waals surface area contributed by atoms with Crippen molar-refractivity contribution in [1.82, 2.24) is 30.2 Å². The van der Waals surface area contributed by atoms with E-state index in [4.69, 9.17) is 30.5 Å². The molecule has 0 saturated heterocycles. The first kappa shape index (κ1) is 58.0. The number of hydrogen-bond acceptors (Lipinski definition) is 12. The van der Waals surface area contributed by atoms with Crippen LogP contribution in [0.15, 0.2) is 84.7 Å². The molecule has 5 aliphatic carbocycles. The lowest BCUT2D eigenvalue weighted by Gasteiger charge is -2.59. The van der Waals surface area contributed by atoms with Crippen LogP contribution < -0.4 is 10.1 Å². The Kier molecular flexibility index (Phi) is 19.3. The van der Waals surface area contributed by atoms with Crippen molar-refractivity contribution >= 4 is 38.9 Å². The maximum Gasteiger partial charge on any atom is 0.266 e. The van der Waals surface area contributed by atoms with Crippen LogP contribution in [0.2, 0.25) is 5.02 Å². The predicted molar refractivity (Wildman–Crippen MR) is 313 cm³/mol. The summed E-state index contributed by atoms with van der Waals surface area (Å²) in [5.41, 5.74) is 5.24. The van der Waals surface area contributed by atoms with Crippen LogP contribution in [0.5, 0.6) is 5.88 Å². The molecule has 4 saturated carbocycles. The van der Waals surface area contributed by atoms with Crippen molar-refractivity contribution in [3.8, 4) is 17.0 Å². The van der Waals surface area contributed by atoms with Gasteiger partial charge in [0, 0.05) is 47.6 Å². The molecule has 2 unspecified atom stereocenters. The molecule has 2 aromatic carbocycles. The summed E-state index contributed by atoms with van der Waals surface area (Å²) in [7, 11) is 2.02. The lowest BCUT2D eigenvalue weighted by atomic mass is 9.46. The van der Waals surface area contributed by atoms with Gasteiger partial charge >= 0.3 is 0 Å². The number of pyridine rings is 1. The average molecular weight is 1120 g/mol. The van der Waals surface area contributed by atoms with Gasteiger partial charge in [0.15, 0.2) is 0 Å². The van der Waals surface area contributed by atoms with Crippen molar-refractivity contribution in [2.75, 3.05) is 46.7 Å². The molecule has 10 rings (SSSR count). The number of aliphatic hydroxyl groups excluding tert-OH is 1. The molecular weight excluding hydrogens is 1030 g/mol. The van der Waals surface area contributed by atoms with Crippen molar-refractivity contribution in [2.45, 2.75) is 173 Å². The van der Waals surface area contributed by atoms with Crippen LogP contribution >= 0.6 is 22.9 Å². The van der Waals surface area contributed by atoms with Crippen molar-refractivity contribution in [2.24, 2.45) is 34.5 Å². The summed E-state index contributed by atoms with van der Waals surface area (Å²) in [4.78, 5) is 21.5. The predicted octanol–water partition coefficient (Wildman–Crippen LogP) is 12.7. The van der Waals surface area contributed by atoms with Gasteiger partial charge in [0.25, 0.3) is 5.91 Å². The molecule has 0 aliphatic heterocycles. The van der Waals surface area contributed by atoms with Gasteiger partial charge in [0.05, 0.1) is 62.5 Å². The van der Waals surface area contributed by atoms with Crippen molar-refractivity contribution in [3.05, 3.63) is 106 Å². The van der Waals surface area contributed by atoms with Crippen molar-refractivity contribution in [1.29, 1.82) is 0 Å². The third-order valence-electron chi connectivity index (χ3n) is 19.6. The van der Waals surface area contributed by atoms with Crippen LogP contribution in [-0.4, -0.2) is 111 Å². The number of nitrogens with one attached hydrogen (secondary N) is 1. The number of ether oxygens (including phenoxy) is 4. The number of amides is 1. The van der Waals surface area contributed by atoms with E-state index in [1.807, 2.05) is 55.7 Å². The number of carbonyl (C=O) groups excluding carboxylic acids is 1. The fraction of sp³-hybridized carbons (Fsp3) is 0.625. The van der Waals surface area contributed by atoms with E-state index in [0.29, 0.717) is 93.0 Å². The highest BCUT2D eigenvalue weighted by Gasteiger charge is 2.61. The van der Waals surface area contributed by atoms with Crippen molar-refractivity contribution < 1.29 is 34.0 Å². The number of hydrogen-bond donors (Lipinski definition) is 3. The standard InChI is InChI=1S/C64H87ClN6O7S/c1-62-28-24-51(72)40-47(62)16-21-52-54-22-23-57(63(54,2)29-25-55(52)62)64(3,74)27-9-5-6-10-32-77-43-49-42-70(69-68-49)31-33-75-34-35-76-36-37-78-58-39-46(26-30-67-58)45-13-11-12-44(38-45)41-71(50-19-17-48(66-4)18-20-50)61(73)60-59(65)53-14-7-8-15-56(53)79-60/h7-8,11-16,26,30,38-39,42,48,50-52,54-55,57,66,72,74H,5-6,9-10,17-25,27-29,31-37,40-41,43H2,1-4H3/t48?,50?,51-,52-,54-,55-,57?,62-,63-,64?/m0/s1. The zero-order valence-electron chi connectivity index (χ0n) is 47.4. The maximum atomic E-state index is 14.4. The molecule has 8 atom stereocenters. The highest BCUT2D eigenvalue weighted by molar-refractivity contribution is 7.21. The summed E-state index contributed by atoms with van der Waals surface area (Å²) in [6.07, 6.45) is 24.1. The lowest BCUT2D eigenvalue weighted by molar-refractivity contribution is -0.105. The fourth-order valence-corrected chi connectivity index (χ4v) is 16.8. The monoisotopic (exact) mass is 1120 g/mol. The number of thiophene rings is 1. The number of halogens is 1. The van der Waals surface area contributed by atoms with Gasteiger partial charge in [-0.3, -0.25) is 4.79 Å². The molecular formula is C64H87ClN6O7S. The SMILES string of the molecule is CNC1CCC(N(Cc2cccc(-c3ccnc(OCCOCCOCCn4cc(COCCCCCCC(C)(O)C5CC[C@H]6[C@@H]7CC=C8C[C@@H](O)CC[C@]8(C)[C@H]7CC[C@]56C)nn4)c3)c2)C(=O)c2sc3ccccc3c2Cl)CC1. The second kappa shape index (κ2) is 26.3. The number of carbonyl (C=O) groups is 1. The number of nitrogens with zero attached hydrogens (tertiary/aromatic N) is 5. The number of fused-ring (bicyclic) bond motifs is 6. The fourth-order valence-electron chi connectivity index (χ4n) is 15.3. The number of benzene rings is 2. The summed E-state index contributed by atoms with van der Waals surface area (Å²) >= 11 is 8.35. The van der Waals surface area contributed by atoms with E-state index in [1.165, 1.54) is 36.2 Å². The zero-order chi connectivity index (χ0) is 55.0. The average Bonchev–Trinajstić information content (AvgIpc) is 4.41. The van der Waals surface area contributed by atoms with E-state index in [-0.39, 0.29) is 28.9 Å². The molecule has 5 aliphatic rings. The molecule has 1 amide bonds. The van der Waals surface area contributed by atoms with Gasteiger partial charge in [0.2, 0.25) is 5.88 Å². The van der Waals surface area contributed by atoms with Crippen LogP contribution in [-0.2, 0) is 33.9 Å². The second-order valence-electron chi connectivity index (χ2n) is 24.5. The van der Waals surface area contributed by atoms with Crippen LogP contribution in [0.1, 0.15) is 151 Å². The molecule has 13 nitrogen and oxygen atoms in total. The molecule has 3 N–H and O–H groups in total. The maximum absolute atomic E-state index is 14.4. The molecule has 0 spiro atoms. The minimum atomic E-state index is -0.632. The van der Waals surface area contributed by atoms with Gasteiger partial charge in [-0.1, -0.05) is 98.0 Å². The largest absolute Gasteiger partial charge is 0.475 e. The van der Waals surface area contributed by atoms with Gasteiger partial charge in [0.1, 0.15) is 17.2 Å². The Balaban J connectivity index is 0.579. The minimum Gasteiger partial charge on any atom is -0.475 e. The summed E-state index contributed by atoms with van der Waals surface area (Å²) in [5.74, 6) is 3.02. The molecule has 15 heteroatoms. The van der Waals surface area contributed by atoms with Gasteiger partial charge in [-0.05, 0) is 173 Å². The van der Waals surface area contributed by atoms with Gasteiger partial charge in [-0.15, -0.1) is 16.4 Å². The summed E-state index contributed by atoms with van der Waals surface area (Å²) in [6, 6.07) is 20.9. The summed E-state index contributed by atoms with van der Waals surface area (Å²) in [5, 5.41) is 35.9. The van der Waals surface area contributed by atoms with Gasteiger partial charge in [-0.2, -0.15) is 0 Å². The first-order chi connectivity index (χ1) is 38.3. The first-order valence-corrected chi connectivity index (χ1v) is 31.1. The first-order valence-electron chi connectivity index (χ1n) is 29.9. The van der Waals surface area contributed by atoms with Crippen LogP contribution in [0.25, 0.3) is 21.2 Å². The lowest BCUT2D eigenvalue weighted by Crippen LogP contribution is -2.53. The molecule has 0 radical (unpaired) electrons. The summed E-state index contributed by atoms with van der Waals surface area (Å²) in [6.45, 7) is 11.5. The Morgan fingerprint density at radius 1 is 0.873 bits per heavy atom. The molecule has 428 valence electrons. The summed E-state index contributed by atoms with van der Waals surface area (Å²) < 4.78 is 26.4. The van der Waals surface area contributed by atoms with Gasteiger partial charge < -0.3 is 39.4 Å². The normalized spacial score (nSPS) is 27.4. The topological polar surface area (TPSA) is 153 Å². The van der Waals surface area contributed by atoms with E-state index in [9.17, 15) is 15.0 Å². The smallest absolute Gasteiger partial charge is 0.266 e. The molecule has 79 heavy (non-hydrogen) atoms. The Bertz CT molecular complexity index is 2830. The number of allylic oxidation sites excluding steroid dienone is 1. The molecule has 3 aromatic heterocycles. The van der Waals surface area contributed by atoms with Crippen LogP contribution in [0.4, 0.5) is 0 Å². The third-order valence-corrected chi connectivity index (χ3v) is 21.2. The van der Waals surface area contributed by atoms with Crippen LogP contribution in [0.3, 0.4) is 0 Å². The Hall–Kier alpha value is -4.25. The van der Waals surface area contributed by atoms with E-state index >= 15 is 0 Å². The molecule has 5 aromatic rings. The highest BCUT2D eigenvalue weighted by Crippen LogP contribution is 2.68. The number of aromatic nitrogens is 4.